The van der Waals surface area contributed by atoms with Crippen molar-refractivity contribution in [3.63, 3.8) is 0 Å². The van der Waals surface area contributed by atoms with Crippen LogP contribution in [-0.2, 0) is 24.4 Å². The first kappa shape index (κ1) is 20.9. The molecule has 1 unspecified atom stereocenters. The second-order valence-corrected chi connectivity index (χ2v) is 7.67. The van der Waals surface area contributed by atoms with E-state index in [0.717, 1.165) is 29.4 Å². The SMILES string of the molecule is COCc1ccc(CN2CCOc3ccc(C(O)c4c(F)cccc4Cl)cc3C2)o1. The van der Waals surface area contributed by atoms with Gasteiger partial charge in [-0.25, -0.2) is 4.39 Å². The predicted molar refractivity (Wildman–Crippen MR) is 111 cm³/mol. The molecule has 0 spiro atoms. The van der Waals surface area contributed by atoms with Gasteiger partial charge in [0.2, 0.25) is 0 Å². The van der Waals surface area contributed by atoms with Crippen LogP contribution in [0.3, 0.4) is 0 Å². The lowest BCUT2D eigenvalue weighted by Crippen LogP contribution is -2.25. The zero-order chi connectivity index (χ0) is 21.1. The number of hydrogen-bond donors (Lipinski definition) is 1. The van der Waals surface area contributed by atoms with Gasteiger partial charge in [-0.2, -0.15) is 0 Å². The normalized spacial score (nSPS) is 15.3. The summed E-state index contributed by atoms with van der Waals surface area (Å²) < 4.78 is 31.0. The van der Waals surface area contributed by atoms with Crippen LogP contribution < -0.4 is 4.74 Å². The van der Waals surface area contributed by atoms with E-state index >= 15 is 0 Å². The number of nitrogens with zero attached hydrogens (tertiary/aromatic N) is 1. The first-order valence-corrected chi connectivity index (χ1v) is 10.1. The zero-order valence-corrected chi connectivity index (χ0v) is 17.4. The van der Waals surface area contributed by atoms with Gasteiger partial charge in [-0.05, 0) is 42.0 Å². The molecule has 3 aromatic rings. The third-order valence-electron chi connectivity index (χ3n) is 5.12. The average molecular weight is 432 g/mol. The molecular formula is C23H23ClFNO4. The fraction of sp³-hybridized carbons (Fsp3) is 0.304. The lowest BCUT2D eigenvalue weighted by molar-refractivity contribution is 0.157. The van der Waals surface area contributed by atoms with Gasteiger partial charge >= 0.3 is 0 Å². The molecule has 0 saturated carbocycles. The number of rotatable bonds is 6. The van der Waals surface area contributed by atoms with Crippen molar-refractivity contribution in [1.82, 2.24) is 4.90 Å². The molecule has 0 radical (unpaired) electrons. The highest BCUT2D eigenvalue weighted by atomic mass is 35.5. The Hall–Kier alpha value is -2.38. The Labute approximate surface area is 179 Å². The second-order valence-electron chi connectivity index (χ2n) is 7.27. The first-order valence-electron chi connectivity index (χ1n) is 9.71. The summed E-state index contributed by atoms with van der Waals surface area (Å²) in [6.07, 6.45) is -1.16. The van der Waals surface area contributed by atoms with Crippen molar-refractivity contribution < 1.29 is 23.4 Å². The molecule has 1 aliphatic rings. The number of fused-ring (bicyclic) bond motifs is 1. The molecule has 0 amide bonds. The number of furan rings is 1. The van der Waals surface area contributed by atoms with Gasteiger partial charge in [-0.1, -0.05) is 23.7 Å². The van der Waals surface area contributed by atoms with Crippen molar-refractivity contribution in [2.45, 2.75) is 25.8 Å². The summed E-state index contributed by atoms with van der Waals surface area (Å²) in [5.74, 6) is 1.85. The number of ether oxygens (including phenoxy) is 2. The van der Waals surface area contributed by atoms with E-state index in [1.807, 2.05) is 24.3 Å². The van der Waals surface area contributed by atoms with E-state index < -0.39 is 11.9 Å². The van der Waals surface area contributed by atoms with Crippen molar-refractivity contribution in [2.75, 3.05) is 20.3 Å². The summed E-state index contributed by atoms with van der Waals surface area (Å²) >= 11 is 6.13. The molecule has 30 heavy (non-hydrogen) atoms. The Morgan fingerprint density at radius 2 is 2.03 bits per heavy atom. The van der Waals surface area contributed by atoms with Gasteiger partial charge in [0, 0.05) is 36.3 Å². The van der Waals surface area contributed by atoms with Gasteiger partial charge < -0.3 is 19.0 Å². The zero-order valence-electron chi connectivity index (χ0n) is 16.6. The molecule has 2 aromatic carbocycles. The maximum Gasteiger partial charge on any atom is 0.130 e. The standard InChI is InChI=1S/C23H23ClFNO4/c1-28-14-18-7-6-17(30-18)13-26-9-10-29-21-8-5-15(11-16(21)12-26)23(27)22-19(24)3-2-4-20(22)25/h2-8,11,23,27H,9-10,12-14H2,1H3. The highest BCUT2D eigenvalue weighted by Gasteiger charge is 2.22. The van der Waals surface area contributed by atoms with E-state index in [1.165, 1.54) is 12.1 Å². The van der Waals surface area contributed by atoms with Crippen molar-refractivity contribution in [2.24, 2.45) is 0 Å². The van der Waals surface area contributed by atoms with Crippen LogP contribution in [0.5, 0.6) is 5.75 Å². The molecule has 0 aliphatic carbocycles. The van der Waals surface area contributed by atoms with Crippen molar-refractivity contribution in [1.29, 1.82) is 0 Å². The quantitative estimate of drug-likeness (QED) is 0.613. The summed E-state index contributed by atoms with van der Waals surface area (Å²) in [7, 11) is 1.63. The molecule has 0 saturated heterocycles. The molecule has 1 atom stereocenters. The van der Waals surface area contributed by atoms with Crippen LogP contribution in [0, 0.1) is 5.82 Å². The molecule has 5 nitrogen and oxygen atoms in total. The second kappa shape index (κ2) is 9.18. The molecular weight excluding hydrogens is 409 g/mol. The minimum atomic E-state index is -1.16. The largest absolute Gasteiger partial charge is 0.492 e. The Bertz CT molecular complexity index is 1000. The summed E-state index contributed by atoms with van der Waals surface area (Å²) in [6, 6.07) is 13.6. The average Bonchev–Trinajstić information content (AvgIpc) is 3.05. The van der Waals surface area contributed by atoms with E-state index in [2.05, 4.69) is 4.90 Å². The highest BCUT2D eigenvalue weighted by molar-refractivity contribution is 6.31. The number of halogens is 2. The third kappa shape index (κ3) is 4.52. The summed E-state index contributed by atoms with van der Waals surface area (Å²) in [4.78, 5) is 2.20. The first-order chi connectivity index (χ1) is 14.5. The van der Waals surface area contributed by atoms with Gasteiger partial charge in [0.05, 0.1) is 6.54 Å². The fourth-order valence-electron chi connectivity index (χ4n) is 3.66. The number of aliphatic hydroxyl groups excluding tert-OH is 1. The monoisotopic (exact) mass is 431 g/mol. The molecule has 1 aliphatic heterocycles. The van der Waals surface area contributed by atoms with Crippen LogP contribution in [0.25, 0.3) is 0 Å². The van der Waals surface area contributed by atoms with Crippen LogP contribution in [0.4, 0.5) is 4.39 Å². The molecule has 0 bridgehead atoms. The van der Waals surface area contributed by atoms with Gasteiger partial charge in [-0.3, -0.25) is 4.90 Å². The van der Waals surface area contributed by atoms with E-state index in [-0.39, 0.29) is 10.6 Å². The minimum absolute atomic E-state index is 0.0757. The lowest BCUT2D eigenvalue weighted by Gasteiger charge is -2.19. The van der Waals surface area contributed by atoms with E-state index in [9.17, 15) is 9.50 Å². The molecule has 4 rings (SSSR count). The lowest BCUT2D eigenvalue weighted by atomic mass is 9.98. The Kier molecular flexibility index (Phi) is 6.39. The Morgan fingerprint density at radius 1 is 1.20 bits per heavy atom. The Balaban J connectivity index is 1.55. The van der Waals surface area contributed by atoms with E-state index in [1.54, 1.807) is 19.2 Å². The molecule has 2 heterocycles. The van der Waals surface area contributed by atoms with Crippen molar-refractivity contribution in [3.05, 3.63) is 87.6 Å². The number of hydrogen-bond acceptors (Lipinski definition) is 5. The Morgan fingerprint density at radius 3 is 2.83 bits per heavy atom. The predicted octanol–water partition coefficient (Wildman–Crippen LogP) is 4.69. The van der Waals surface area contributed by atoms with E-state index in [0.29, 0.717) is 31.9 Å². The maximum absolute atomic E-state index is 14.3. The van der Waals surface area contributed by atoms with Crippen LogP contribution in [-0.4, -0.2) is 30.3 Å². The topological polar surface area (TPSA) is 55.1 Å². The number of aliphatic hydroxyl groups is 1. The molecule has 0 fully saturated rings. The number of benzene rings is 2. The maximum atomic E-state index is 14.3. The van der Waals surface area contributed by atoms with Gasteiger partial charge in [-0.15, -0.1) is 0 Å². The van der Waals surface area contributed by atoms with Gasteiger partial charge in [0.15, 0.2) is 0 Å². The summed E-state index contributed by atoms with van der Waals surface area (Å²) in [6.45, 7) is 2.94. The minimum Gasteiger partial charge on any atom is -0.492 e. The smallest absolute Gasteiger partial charge is 0.130 e. The molecule has 158 valence electrons. The van der Waals surface area contributed by atoms with Gasteiger partial charge in [0.25, 0.3) is 0 Å². The highest BCUT2D eigenvalue weighted by Crippen LogP contribution is 2.34. The molecule has 1 aromatic heterocycles. The summed E-state index contributed by atoms with van der Waals surface area (Å²) in [5.41, 5.74) is 1.55. The number of methoxy groups -OCH3 is 1. The van der Waals surface area contributed by atoms with Crippen molar-refractivity contribution in [3.8, 4) is 5.75 Å². The molecule has 1 N–H and O–H groups in total. The van der Waals surface area contributed by atoms with Crippen molar-refractivity contribution >= 4 is 11.6 Å². The van der Waals surface area contributed by atoms with Crippen LogP contribution in [0.1, 0.15) is 34.3 Å². The molecule has 7 heteroatoms. The van der Waals surface area contributed by atoms with Crippen LogP contribution in [0.2, 0.25) is 5.02 Å². The third-order valence-corrected chi connectivity index (χ3v) is 5.45. The van der Waals surface area contributed by atoms with Crippen LogP contribution >= 0.6 is 11.6 Å². The van der Waals surface area contributed by atoms with Crippen LogP contribution in [0.15, 0.2) is 52.9 Å². The fourth-order valence-corrected chi connectivity index (χ4v) is 3.93. The summed E-state index contributed by atoms with van der Waals surface area (Å²) in [5, 5.41) is 11.0. The van der Waals surface area contributed by atoms with E-state index in [4.69, 9.17) is 25.5 Å². The van der Waals surface area contributed by atoms with Gasteiger partial charge in [0.1, 0.15) is 42.4 Å².